The van der Waals surface area contributed by atoms with Crippen LogP contribution in [0.3, 0.4) is 0 Å². The van der Waals surface area contributed by atoms with Gasteiger partial charge < -0.3 is 9.47 Å². The minimum absolute atomic E-state index is 0.0771. The lowest BCUT2D eigenvalue weighted by Gasteiger charge is -2.62. The quantitative estimate of drug-likeness (QED) is 0.300. The molecule has 0 radical (unpaired) electrons. The van der Waals surface area contributed by atoms with Crippen LogP contribution in [0.5, 0.6) is 5.75 Å². The highest BCUT2D eigenvalue weighted by Gasteiger charge is 2.60. The Labute approximate surface area is 273 Å². The predicted molar refractivity (Wildman–Crippen MR) is 180 cm³/mol. The van der Waals surface area contributed by atoms with Gasteiger partial charge in [0.05, 0.1) is 6.61 Å². The van der Waals surface area contributed by atoms with Gasteiger partial charge in [-0.3, -0.25) is 0 Å². The summed E-state index contributed by atoms with van der Waals surface area (Å²) >= 11 is 0. The Hall–Kier alpha value is -1.02. The van der Waals surface area contributed by atoms with Crippen LogP contribution >= 0.6 is 0 Å². The number of ether oxygens (including phenoxy) is 2. The van der Waals surface area contributed by atoms with Gasteiger partial charge in [-0.25, -0.2) is 0 Å². The number of hydrogen-bond donors (Lipinski definition) is 0. The van der Waals surface area contributed by atoms with Gasteiger partial charge in [-0.2, -0.15) is 0 Å². The highest BCUT2D eigenvalue weighted by Crippen LogP contribution is 2.69. The second-order valence-electron chi connectivity index (χ2n) is 21.2. The lowest BCUT2D eigenvalue weighted by atomic mass is 9.42. The smallest absolute Gasteiger partial charge is 0.127 e. The molecule has 2 heteroatoms. The molecule has 0 spiro atoms. The zero-order chi connectivity index (χ0) is 29.9. The van der Waals surface area contributed by atoms with Crippen molar-refractivity contribution in [1.29, 1.82) is 0 Å². The van der Waals surface area contributed by atoms with Crippen molar-refractivity contribution in [3.05, 3.63) is 28.3 Å². The molecule has 13 aliphatic rings. The van der Waals surface area contributed by atoms with E-state index >= 15 is 0 Å². The van der Waals surface area contributed by atoms with E-state index in [0.29, 0.717) is 22.3 Å². The maximum atomic E-state index is 7.36. The molecule has 14 rings (SSSR count). The Morgan fingerprint density at radius 2 is 0.933 bits per heavy atom. The fraction of sp³-hybridized carbons (Fsp3) is 0.860. The Morgan fingerprint density at radius 3 is 1.29 bits per heavy atom. The Morgan fingerprint density at radius 1 is 0.578 bits per heavy atom. The molecule has 1 aliphatic heterocycles. The predicted octanol–water partition coefficient (Wildman–Crippen LogP) is 10.2. The molecule has 45 heavy (non-hydrogen) atoms. The molecular weight excluding hydrogens is 548 g/mol. The molecule has 13 fully saturated rings. The number of hydrogen-bond acceptors (Lipinski definition) is 2. The minimum atomic E-state index is 0.0771. The molecule has 12 saturated carbocycles. The Bertz CT molecular complexity index is 1300. The van der Waals surface area contributed by atoms with Crippen LogP contribution in [0.4, 0.5) is 0 Å². The summed E-state index contributed by atoms with van der Waals surface area (Å²) in [6.45, 7) is 9.41. The number of benzene rings is 1. The van der Waals surface area contributed by atoms with E-state index in [1.165, 1.54) is 102 Å². The maximum absolute atomic E-state index is 7.36. The summed E-state index contributed by atoms with van der Waals surface area (Å²) in [6, 6.07) is 3.01. The van der Waals surface area contributed by atoms with Gasteiger partial charge in [0.1, 0.15) is 18.5 Å². The van der Waals surface area contributed by atoms with Crippen LogP contribution in [-0.4, -0.2) is 19.3 Å². The van der Waals surface area contributed by atoms with Gasteiger partial charge in [0.25, 0.3) is 0 Å². The molecular formula is C43H60O2. The zero-order valence-electron chi connectivity index (χ0n) is 28.8. The van der Waals surface area contributed by atoms with Crippen LogP contribution in [0.1, 0.15) is 159 Å². The van der Waals surface area contributed by atoms with Crippen molar-refractivity contribution >= 4 is 0 Å². The Balaban J connectivity index is 1.19. The highest BCUT2D eigenvalue weighted by atomic mass is 16.6. The van der Waals surface area contributed by atoms with Crippen molar-refractivity contribution in [3.63, 3.8) is 0 Å². The van der Waals surface area contributed by atoms with Crippen LogP contribution in [0.2, 0.25) is 0 Å². The topological polar surface area (TPSA) is 21.8 Å². The van der Waals surface area contributed by atoms with Crippen LogP contribution in [0.15, 0.2) is 6.07 Å². The SMILES string of the molecule is CC(C)(C)c1c(OCC2CO2)c(C23CC4CC(CC(C4)C2)C3)cc(C23CC4CC(CC(C4)C2)C3)c1C12CC3CC(CC(C3)C1)C2. The van der Waals surface area contributed by atoms with Crippen molar-refractivity contribution in [2.45, 2.75) is 164 Å². The molecule has 0 aromatic heterocycles. The van der Waals surface area contributed by atoms with E-state index in [-0.39, 0.29) is 5.41 Å². The second-order valence-corrected chi connectivity index (χ2v) is 21.2. The van der Waals surface area contributed by atoms with Crippen LogP contribution in [-0.2, 0) is 26.4 Å². The number of rotatable bonds is 6. The monoisotopic (exact) mass is 608 g/mol. The van der Waals surface area contributed by atoms with Crippen molar-refractivity contribution < 1.29 is 9.47 Å². The first-order valence-electron chi connectivity index (χ1n) is 20.1. The highest BCUT2D eigenvalue weighted by molar-refractivity contribution is 5.62. The molecule has 1 atom stereocenters. The summed E-state index contributed by atoms with van der Waals surface area (Å²) in [5.74, 6) is 10.2. The molecule has 244 valence electrons. The average Bonchev–Trinajstić information content (AvgIpc) is 3.77. The third-order valence-electron chi connectivity index (χ3n) is 16.6. The first kappa shape index (κ1) is 27.9. The Kier molecular flexibility index (Phi) is 5.67. The molecule has 12 aliphatic carbocycles. The largest absolute Gasteiger partial charge is 0.490 e. The third-order valence-corrected chi connectivity index (χ3v) is 16.6. The molecule has 1 unspecified atom stereocenters. The summed E-state index contributed by atoms with van der Waals surface area (Å²) in [5.41, 5.74) is 8.55. The van der Waals surface area contributed by atoms with E-state index in [2.05, 4.69) is 26.8 Å². The molecule has 1 aromatic carbocycles. The third kappa shape index (κ3) is 4.14. The van der Waals surface area contributed by atoms with Gasteiger partial charge in [-0.15, -0.1) is 0 Å². The summed E-state index contributed by atoms with van der Waals surface area (Å²) in [7, 11) is 0. The maximum Gasteiger partial charge on any atom is 0.127 e. The first-order chi connectivity index (χ1) is 21.6. The molecule has 1 saturated heterocycles. The molecule has 2 nitrogen and oxygen atoms in total. The van der Waals surface area contributed by atoms with E-state index in [9.17, 15) is 0 Å². The molecule has 1 aromatic rings. The summed E-state index contributed by atoms with van der Waals surface area (Å²) in [6.07, 6.45) is 27.3. The van der Waals surface area contributed by atoms with Crippen molar-refractivity contribution in [2.75, 3.05) is 13.2 Å². The fourth-order valence-corrected chi connectivity index (χ4v) is 16.5. The van der Waals surface area contributed by atoms with Gasteiger partial charge in [0, 0.05) is 11.1 Å². The minimum Gasteiger partial charge on any atom is -0.490 e. The van der Waals surface area contributed by atoms with Gasteiger partial charge in [0.2, 0.25) is 0 Å². The van der Waals surface area contributed by atoms with Crippen molar-refractivity contribution in [2.24, 2.45) is 53.3 Å². The molecule has 0 amide bonds. The molecule has 12 bridgehead atoms. The van der Waals surface area contributed by atoms with Crippen molar-refractivity contribution in [1.82, 2.24) is 0 Å². The first-order valence-corrected chi connectivity index (χ1v) is 20.1. The van der Waals surface area contributed by atoms with E-state index in [0.717, 1.165) is 66.5 Å². The van der Waals surface area contributed by atoms with Gasteiger partial charge >= 0.3 is 0 Å². The van der Waals surface area contributed by atoms with E-state index < -0.39 is 0 Å². The van der Waals surface area contributed by atoms with Gasteiger partial charge in [-0.05, 0) is 202 Å². The standard InChI is InChI=1S/C43H60O2/c1-40(2,3)38-37(43-20-31-10-32(21-43)12-33(11-31)22-43)35(41-14-25-4-26(15-41)6-27(5-25)16-41)13-36(39(38)45-24-34-23-44-34)42-17-28-7-29(18-42)9-30(8-28)19-42/h13,25-34H,4-12,14-24H2,1-3H3. The summed E-state index contributed by atoms with van der Waals surface area (Å²) < 4.78 is 13.2. The zero-order valence-corrected chi connectivity index (χ0v) is 28.8. The summed E-state index contributed by atoms with van der Waals surface area (Å²) in [4.78, 5) is 0. The van der Waals surface area contributed by atoms with Crippen LogP contribution in [0, 0.1) is 53.3 Å². The second kappa shape index (κ2) is 9.15. The van der Waals surface area contributed by atoms with Crippen molar-refractivity contribution in [3.8, 4) is 5.75 Å². The lowest BCUT2D eigenvalue weighted by Crippen LogP contribution is -2.54. The summed E-state index contributed by atoms with van der Waals surface area (Å²) in [5, 5.41) is 0. The average molecular weight is 609 g/mol. The van der Waals surface area contributed by atoms with Crippen LogP contribution < -0.4 is 4.74 Å². The number of epoxide rings is 1. The van der Waals surface area contributed by atoms with E-state index in [4.69, 9.17) is 9.47 Å². The fourth-order valence-electron chi connectivity index (χ4n) is 16.5. The van der Waals surface area contributed by atoms with Gasteiger partial charge in [-0.1, -0.05) is 26.8 Å². The molecule has 1 heterocycles. The normalized spacial score (nSPS) is 51.4. The molecule has 0 N–H and O–H groups in total. The van der Waals surface area contributed by atoms with Gasteiger partial charge in [0.15, 0.2) is 0 Å². The lowest BCUT2D eigenvalue weighted by molar-refractivity contribution is -0.0195. The van der Waals surface area contributed by atoms with E-state index in [1.54, 1.807) is 30.4 Å². The van der Waals surface area contributed by atoms with Crippen LogP contribution in [0.25, 0.3) is 0 Å². The van der Waals surface area contributed by atoms with E-state index in [1.807, 2.05) is 11.1 Å².